The van der Waals surface area contributed by atoms with Crippen molar-refractivity contribution >= 4 is 31.6 Å². The average molecular weight is 453 g/mol. The van der Waals surface area contributed by atoms with Crippen molar-refractivity contribution in [2.45, 2.75) is 17.4 Å². The van der Waals surface area contributed by atoms with E-state index in [1.807, 2.05) is 54.6 Å². The van der Waals surface area contributed by atoms with Gasteiger partial charge in [-0.3, -0.25) is 0 Å². The summed E-state index contributed by atoms with van der Waals surface area (Å²) in [4.78, 5) is 4.82. The summed E-state index contributed by atoms with van der Waals surface area (Å²) in [6, 6.07) is 21.3. The summed E-state index contributed by atoms with van der Waals surface area (Å²) >= 11 is 1.48. The molecular formula is C23H20N2O4S2. The zero-order valence-electron chi connectivity index (χ0n) is 16.5. The molecule has 8 heteroatoms. The van der Waals surface area contributed by atoms with E-state index in [0.717, 1.165) is 22.2 Å². The van der Waals surface area contributed by atoms with Crippen LogP contribution in [0.1, 0.15) is 23.0 Å². The zero-order chi connectivity index (χ0) is 21.3. The van der Waals surface area contributed by atoms with Crippen molar-refractivity contribution in [1.29, 1.82) is 0 Å². The molecule has 1 N–H and O–H groups in total. The molecule has 3 aromatic carbocycles. The first kappa shape index (κ1) is 20.0. The largest absolute Gasteiger partial charge is 0.490 e. The van der Waals surface area contributed by atoms with Crippen LogP contribution in [-0.4, -0.2) is 26.6 Å². The van der Waals surface area contributed by atoms with Gasteiger partial charge >= 0.3 is 0 Å². The van der Waals surface area contributed by atoms with E-state index in [0.29, 0.717) is 29.7 Å². The van der Waals surface area contributed by atoms with Gasteiger partial charge in [0.25, 0.3) is 0 Å². The van der Waals surface area contributed by atoms with Crippen LogP contribution in [0, 0.1) is 0 Å². The number of hydrogen-bond donors (Lipinski definition) is 1. The predicted molar refractivity (Wildman–Crippen MR) is 120 cm³/mol. The number of ether oxygens (including phenoxy) is 2. The lowest BCUT2D eigenvalue weighted by atomic mass is 10.1. The van der Waals surface area contributed by atoms with Gasteiger partial charge < -0.3 is 9.47 Å². The fourth-order valence-corrected chi connectivity index (χ4v) is 5.78. The van der Waals surface area contributed by atoms with E-state index in [-0.39, 0.29) is 4.90 Å². The van der Waals surface area contributed by atoms with E-state index in [9.17, 15) is 8.42 Å². The maximum absolute atomic E-state index is 13.3. The lowest BCUT2D eigenvalue weighted by Gasteiger charge is -2.18. The van der Waals surface area contributed by atoms with E-state index in [4.69, 9.17) is 14.5 Å². The number of aromatic nitrogens is 1. The molecule has 1 aromatic heterocycles. The first-order valence-corrected chi connectivity index (χ1v) is 12.2. The fourth-order valence-electron chi connectivity index (χ4n) is 3.45. The van der Waals surface area contributed by atoms with Crippen LogP contribution in [0.5, 0.6) is 11.5 Å². The molecule has 5 rings (SSSR count). The number of para-hydroxylation sites is 1. The number of nitrogens with one attached hydrogen (secondary N) is 1. The third-order valence-electron chi connectivity index (χ3n) is 4.99. The fraction of sp³-hybridized carbons (Fsp3) is 0.174. The number of sulfonamides is 1. The third kappa shape index (κ3) is 4.14. The van der Waals surface area contributed by atoms with Gasteiger partial charge in [-0.1, -0.05) is 42.5 Å². The van der Waals surface area contributed by atoms with Crippen molar-refractivity contribution in [2.24, 2.45) is 0 Å². The molecule has 0 fully saturated rings. The highest BCUT2D eigenvalue weighted by atomic mass is 32.2. The number of rotatable bonds is 5. The molecule has 1 aliphatic heterocycles. The highest BCUT2D eigenvalue weighted by molar-refractivity contribution is 7.89. The Labute approximate surface area is 184 Å². The zero-order valence-corrected chi connectivity index (χ0v) is 18.2. The minimum Gasteiger partial charge on any atom is -0.490 e. The van der Waals surface area contributed by atoms with Gasteiger partial charge in [0.2, 0.25) is 10.0 Å². The molecule has 1 aliphatic rings. The lowest BCUT2D eigenvalue weighted by molar-refractivity contribution is 0.297. The lowest BCUT2D eigenvalue weighted by Crippen LogP contribution is -2.29. The molecule has 158 valence electrons. The molecular weight excluding hydrogens is 432 g/mol. The van der Waals surface area contributed by atoms with Gasteiger partial charge in [0.05, 0.1) is 34.4 Å². The minimum absolute atomic E-state index is 0.124. The first-order valence-electron chi connectivity index (χ1n) is 9.92. The van der Waals surface area contributed by atoms with E-state index in [1.54, 1.807) is 6.07 Å². The summed E-state index contributed by atoms with van der Waals surface area (Å²) in [5, 5.41) is 0.685. The van der Waals surface area contributed by atoms with Crippen LogP contribution < -0.4 is 14.2 Å². The molecule has 2 heterocycles. The van der Waals surface area contributed by atoms with Gasteiger partial charge in [-0.15, -0.1) is 11.3 Å². The van der Waals surface area contributed by atoms with Gasteiger partial charge in [-0.05, 0) is 29.8 Å². The van der Waals surface area contributed by atoms with Crippen molar-refractivity contribution in [1.82, 2.24) is 9.71 Å². The van der Waals surface area contributed by atoms with Crippen LogP contribution >= 0.6 is 11.3 Å². The highest BCUT2D eigenvalue weighted by Gasteiger charge is 2.27. The van der Waals surface area contributed by atoms with E-state index < -0.39 is 16.1 Å². The second-order valence-electron chi connectivity index (χ2n) is 7.14. The monoisotopic (exact) mass is 452 g/mol. The summed E-state index contributed by atoms with van der Waals surface area (Å²) in [5.74, 6) is 0.999. The molecule has 0 amide bonds. The average Bonchev–Trinajstić information content (AvgIpc) is 3.08. The number of benzene rings is 3. The predicted octanol–water partition coefficient (Wildman–Crippen LogP) is 4.53. The standard InChI is InChI=1S/C23H20N2O4S2/c26-31(27,17-11-12-19-20(15-17)29-14-6-13-28-19)25-22(16-7-2-1-3-8-16)23-24-18-9-4-5-10-21(18)30-23/h1-5,7-12,15,22,25H,6,13-14H2/t22-/m0/s1. The Bertz CT molecular complexity index is 1290. The van der Waals surface area contributed by atoms with Crippen LogP contribution in [0.15, 0.2) is 77.7 Å². The Balaban J connectivity index is 1.54. The molecule has 1 atom stereocenters. The quantitative estimate of drug-likeness (QED) is 0.482. The minimum atomic E-state index is -3.86. The van der Waals surface area contributed by atoms with Crippen LogP contribution in [0.25, 0.3) is 10.2 Å². The molecule has 0 aliphatic carbocycles. The third-order valence-corrected chi connectivity index (χ3v) is 7.51. The first-order chi connectivity index (χ1) is 15.1. The molecule has 6 nitrogen and oxygen atoms in total. The summed E-state index contributed by atoms with van der Waals surface area (Å²) in [6.07, 6.45) is 0.753. The molecule has 4 aromatic rings. The van der Waals surface area contributed by atoms with Gasteiger partial charge in [0, 0.05) is 12.5 Å². The summed E-state index contributed by atoms with van der Waals surface area (Å²) in [7, 11) is -3.86. The van der Waals surface area contributed by atoms with Crippen LogP contribution in [-0.2, 0) is 10.0 Å². The molecule has 0 unspecified atom stereocenters. The van der Waals surface area contributed by atoms with E-state index in [2.05, 4.69) is 4.72 Å². The van der Waals surface area contributed by atoms with Crippen LogP contribution in [0.4, 0.5) is 0 Å². The Morgan fingerprint density at radius 3 is 2.45 bits per heavy atom. The van der Waals surface area contributed by atoms with Crippen molar-refractivity contribution in [3.05, 3.63) is 83.4 Å². The molecule has 0 saturated carbocycles. The number of thiazole rings is 1. The topological polar surface area (TPSA) is 77.5 Å². The van der Waals surface area contributed by atoms with E-state index in [1.165, 1.54) is 23.5 Å². The van der Waals surface area contributed by atoms with Crippen LogP contribution in [0.3, 0.4) is 0 Å². The van der Waals surface area contributed by atoms with Gasteiger partial charge in [-0.2, -0.15) is 4.72 Å². The Morgan fingerprint density at radius 1 is 0.903 bits per heavy atom. The summed E-state index contributed by atoms with van der Waals surface area (Å²) < 4.78 is 41.8. The van der Waals surface area contributed by atoms with Crippen molar-refractivity contribution in [3.8, 4) is 11.5 Å². The van der Waals surface area contributed by atoms with Gasteiger partial charge in [-0.25, -0.2) is 13.4 Å². The molecule has 31 heavy (non-hydrogen) atoms. The van der Waals surface area contributed by atoms with Gasteiger partial charge in [0.15, 0.2) is 11.5 Å². The Hall–Kier alpha value is -2.94. The number of nitrogens with zero attached hydrogens (tertiary/aromatic N) is 1. The van der Waals surface area contributed by atoms with Crippen LogP contribution in [0.2, 0.25) is 0 Å². The summed E-state index contributed by atoms with van der Waals surface area (Å²) in [6.45, 7) is 1.04. The summed E-state index contributed by atoms with van der Waals surface area (Å²) in [5.41, 5.74) is 1.66. The second kappa shape index (κ2) is 8.30. The maximum atomic E-state index is 13.3. The normalized spacial score (nSPS) is 14.8. The number of hydrogen-bond acceptors (Lipinski definition) is 6. The maximum Gasteiger partial charge on any atom is 0.241 e. The molecule has 0 saturated heterocycles. The molecule has 0 bridgehead atoms. The smallest absolute Gasteiger partial charge is 0.241 e. The van der Waals surface area contributed by atoms with E-state index >= 15 is 0 Å². The molecule has 0 spiro atoms. The second-order valence-corrected chi connectivity index (χ2v) is 9.92. The van der Waals surface area contributed by atoms with Crippen molar-refractivity contribution < 1.29 is 17.9 Å². The van der Waals surface area contributed by atoms with Gasteiger partial charge in [0.1, 0.15) is 5.01 Å². The number of fused-ring (bicyclic) bond motifs is 2. The molecule has 0 radical (unpaired) electrons. The van der Waals surface area contributed by atoms with Crippen molar-refractivity contribution in [3.63, 3.8) is 0 Å². The highest BCUT2D eigenvalue weighted by Crippen LogP contribution is 2.34. The Morgan fingerprint density at radius 2 is 1.65 bits per heavy atom. The SMILES string of the molecule is O=S(=O)(N[C@@H](c1ccccc1)c1nc2ccccc2s1)c1ccc2c(c1)OCCCO2. The van der Waals surface area contributed by atoms with Crippen molar-refractivity contribution in [2.75, 3.05) is 13.2 Å². The Kier molecular flexibility index (Phi) is 5.35.